The second-order valence-corrected chi connectivity index (χ2v) is 6.63. The van der Waals surface area contributed by atoms with E-state index in [0.29, 0.717) is 12.5 Å². The van der Waals surface area contributed by atoms with Gasteiger partial charge in [-0.15, -0.1) is 0 Å². The third-order valence-electron chi connectivity index (χ3n) is 4.69. The lowest BCUT2D eigenvalue weighted by molar-refractivity contribution is 0.134. The Balaban J connectivity index is 1.86. The second-order valence-electron chi connectivity index (χ2n) is 6.63. The number of aliphatic hydroxyl groups excluding tert-OH is 1. The summed E-state index contributed by atoms with van der Waals surface area (Å²) in [5.41, 5.74) is 1.13. The minimum Gasteiger partial charge on any atom is -0.497 e. The number of methoxy groups -OCH3 is 1. The lowest BCUT2D eigenvalue weighted by Crippen LogP contribution is -2.41. The van der Waals surface area contributed by atoms with E-state index >= 15 is 0 Å². The van der Waals surface area contributed by atoms with Gasteiger partial charge in [-0.1, -0.05) is 18.6 Å². The number of nitrogens with one attached hydrogen (secondary N) is 2. The summed E-state index contributed by atoms with van der Waals surface area (Å²) in [4.78, 5) is 4.68. The zero-order chi connectivity index (χ0) is 18.6. The van der Waals surface area contributed by atoms with Gasteiger partial charge in [-0.2, -0.15) is 0 Å². The molecule has 0 amide bonds. The summed E-state index contributed by atoms with van der Waals surface area (Å²) in [5, 5.41) is 16.8. The number of rotatable bonds is 10. The summed E-state index contributed by atoms with van der Waals surface area (Å²) >= 11 is 0. The van der Waals surface area contributed by atoms with Crippen LogP contribution in [-0.2, 0) is 11.3 Å². The molecule has 6 nitrogen and oxygen atoms in total. The van der Waals surface area contributed by atoms with E-state index < -0.39 is 0 Å². The Bertz CT molecular complexity index is 534. The molecule has 2 unspecified atom stereocenters. The molecule has 2 atom stereocenters. The highest BCUT2D eigenvalue weighted by atomic mass is 16.5. The van der Waals surface area contributed by atoms with Gasteiger partial charge in [-0.25, -0.2) is 4.99 Å². The third kappa shape index (κ3) is 7.22. The number of aliphatic hydroxyl groups is 1. The van der Waals surface area contributed by atoms with Crippen LogP contribution in [0.5, 0.6) is 5.75 Å². The monoisotopic (exact) mass is 363 g/mol. The van der Waals surface area contributed by atoms with Crippen LogP contribution in [0.2, 0.25) is 0 Å². The topological polar surface area (TPSA) is 75.1 Å². The molecule has 0 bridgehead atoms. The fourth-order valence-electron chi connectivity index (χ4n) is 3.08. The van der Waals surface area contributed by atoms with E-state index in [-0.39, 0.29) is 6.10 Å². The van der Waals surface area contributed by atoms with Crippen molar-refractivity contribution in [3.63, 3.8) is 0 Å². The SMILES string of the molecule is CCOCCCNC(=NCc1ccc(OC)cc1)NCC1CCCC1O. The van der Waals surface area contributed by atoms with Gasteiger partial charge in [0.05, 0.1) is 19.8 Å². The Morgan fingerprint density at radius 1 is 1.23 bits per heavy atom. The number of benzene rings is 1. The first-order valence-electron chi connectivity index (χ1n) is 9.63. The normalized spacial score (nSPS) is 20.2. The zero-order valence-electron chi connectivity index (χ0n) is 16.0. The number of nitrogens with zero attached hydrogens (tertiary/aromatic N) is 1. The van der Waals surface area contributed by atoms with Crippen LogP contribution in [0, 0.1) is 5.92 Å². The summed E-state index contributed by atoms with van der Waals surface area (Å²) in [7, 11) is 1.67. The highest BCUT2D eigenvalue weighted by Crippen LogP contribution is 2.24. The van der Waals surface area contributed by atoms with Gasteiger partial charge in [-0.05, 0) is 43.9 Å². The highest BCUT2D eigenvalue weighted by Gasteiger charge is 2.24. The van der Waals surface area contributed by atoms with Crippen LogP contribution in [0.1, 0.15) is 38.2 Å². The standard InChI is InChI=1S/C20H33N3O3/c1-3-26-13-5-12-21-20(23-15-17-6-4-7-19(17)24)22-14-16-8-10-18(25-2)11-9-16/h8-11,17,19,24H,3-7,12-15H2,1-2H3,(H2,21,22,23). The van der Waals surface area contributed by atoms with Gasteiger partial charge in [0.2, 0.25) is 0 Å². The maximum Gasteiger partial charge on any atom is 0.191 e. The smallest absolute Gasteiger partial charge is 0.191 e. The first kappa shape index (κ1) is 20.5. The van der Waals surface area contributed by atoms with E-state index in [1.807, 2.05) is 31.2 Å². The van der Waals surface area contributed by atoms with Crippen LogP contribution in [0.15, 0.2) is 29.3 Å². The molecule has 1 aromatic carbocycles. The molecule has 0 heterocycles. The molecule has 146 valence electrons. The fourth-order valence-corrected chi connectivity index (χ4v) is 3.08. The van der Waals surface area contributed by atoms with Gasteiger partial charge in [0.1, 0.15) is 5.75 Å². The van der Waals surface area contributed by atoms with Crippen molar-refractivity contribution in [3.8, 4) is 5.75 Å². The largest absolute Gasteiger partial charge is 0.497 e. The minimum absolute atomic E-state index is 0.191. The van der Waals surface area contributed by atoms with Gasteiger partial charge in [-0.3, -0.25) is 0 Å². The molecular formula is C20H33N3O3. The first-order valence-corrected chi connectivity index (χ1v) is 9.63. The molecule has 0 spiro atoms. The molecule has 0 aromatic heterocycles. The lowest BCUT2D eigenvalue weighted by Gasteiger charge is -2.18. The Hall–Kier alpha value is -1.79. The summed E-state index contributed by atoms with van der Waals surface area (Å²) < 4.78 is 10.6. The molecule has 1 aliphatic rings. The van der Waals surface area contributed by atoms with Crippen LogP contribution in [0.4, 0.5) is 0 Å². The summed E-state index contributed by atoms with van der Waals surface area (Å²) in [6, 6.07) is 7.94. The molecule has 0 aliphatic heterocycles. The van der Waals surface area contributed by atoms with Crippen molar-refractivity contribution in [2.75, 3.05) is 33.4 Å². The molecular weight excluding hydrogens is 330 g/mol. The van der Waals surface area contributed by atoms with Crippen LogP contribution in [0.25, 0.3) is 0 Å². The van der Waals surface area contributed by atoms with Crippen LogP contribution in [0.3, 0.4) is 0 Å². The number of hydrogen-bond donors (Lipinski definition) is 3. The van der Waals surface area contributed by atoms with Crippen molar-refractivity contribution in [2.45, 2.75) is 45.3 Å². The Morgan fingerprint density at radius 3 is 2.69 bits per heavy atom. The Labute approximate surface area is 157 Å². The number of aliphatic imine (C=N–C) groups is 1. The predicted molar refractivity (Wildman–Crippen MR) is 105 cm³/mol. The molecule has 0 radical (unpaired) electrons. The summed E-state index contributed by atoms with van der Waals surface area (Å²) in [6.45, 7) is 5.65. The molecule has 1 aromatic rings. The van der Waals surface area contributed by atoms with Crippen LogP contribution in [-0.4, -0.2) is 50.6 Å². The average Bonchev–Trinajstić information content (AvgIpc) is 3.08. The Morgan fingerprint density at radius 2 is 2.04 bits per heavy atom. The number of hydrogen-bond acceptors (Lipinski definition) is 4. The van der Waals surface area contributed by atoms with E-state index in [1.54, 1.807) is 7.11 Å². The van der Waals surface area contributed by atoms with E-state index in [2.05, 4.69) is 15.6 Å². The van der Waals surface area contributed by atoms with Crippen molar-refractivity contribution >= 4 is 5.96 Å². The molecule has 1 aliphatic carbocycles. The highest BCUT2D eigenvalue weighted by molar-refractivity contribution is 5.79. The lowest BCUT2D eigenvalue weighted by atomic mass is 10.1. The van der Waals surface area contributed by atoms with Gasteiger partial charge >= 0.3 is 0 Å². The number of guanidine groups is 1. The molecule has 1 saturated carbocycles. The van der Waals surface area contributed by atoms with Crippen LogP contribution < -0.4 is 15.4 Å². The summed E-state index contributed by atoms with van der Waals surface area (Å²) in [6.07, 6.45) is 3.83. The molecule has 6 heteroatoms. The molecule has 3 N–H and O–H groups in total. The van der Waals surface area contributed by atoms with Crippen molar-refractivity contribution in [2.24, 2.45) is 10.9 Å². The predicted octanol–water partition coefficient (Wildman–Crippen LogP) is 2.32. The molecule has 26 heavy (non-hydrogen) atoms. The number of ether oxygens (including phenoxy) is 2. The van der Waals surface area contributed by atoms with E-state index in [0.717, 1.165) is 69.3 Å². The van der Waals surface area contributed by atoms with Gasteiger partial charge < -0.3 is 25.2 Å². The second kappa shape index (κ2) is 11.8. The average molecular weight is 364 g/mol. The molecule has 1 fully saturated rings. The molecule has 0 saturated heterocycles. The van der Waals surface area contributed by atoms with E-state index in [9.17, 15) is 5.11 Å². The van der Waals surface area contributed by atoms with E-state index in [1.165, 1.54) is 0 Å². The quantitative estimate of drug-likeness (QED) is 0.338. The van der Waals surface area contributed by atoms with E-state index in [4.69, 9.17) is 9.47 Å². The van der Waals surface area contributed by atoms with Crippen molar-refractivity contribution in [1.29, 1.82) is 0 Å². The van der Waals surface area contributed by atoms with Gasteiger partial charge in [0.15, 0.2) is 5.96 Å². The maximum absolute atomic E-state index is 10.0. The van der Waals surface area contributed by atoms with Gasteiger partial charge in [0, 0.05) is 32.2 Å². The maximum atomic E-state index is 10.0. The van der Waals surface area contributed by atoms with Crippen molar-refractivity contribution < 1.29 is 14.6 Å². The zero-order valence-corrected chi connectivity index (χ0v) is 16.0. The van der Waals surface area contributed by atoms with Crippen LogP contribution >= 0.6 is 0 Å². The Kier molecular flexibility index (Phi) is 9.28. The minimum atomic E-state index is -0.191. The fraction of sp³-hybridized carbons (Fsp3) is 0.650. The van der Waals surface area contributed by atoms with Crippen molar-refractivity contribution in [1.82, 2.24) is 10.6 Å². The summed E-state index contributed by atoms with van der Waals surface area (Å²) in [5.74, 6) is 1.95. The van der Waals surface area contributed by atoms with Gasteiger partial charge in [0.25, 0.3) is 0 Å². The first-order chi connectivity index (χ1) is 12.7. The third-order valence-corrected chi connectivity index (χ3v) is 4.69. The molecule has 2 rings (SSSR count). The van der Waals surface area contributed by atoms with Crippen molar-refractivity contribution in [3.05, 3.63) is 29.8 Å².